The Bertz CT molecular complexity index is 572. The van der Waals surface area contributed by atoms with Crippen molar-refractivity contribution >= 4 is 11.8 Å². The minimum absolute atomic E-state index is 0.188. The topological polar surface area (TPSA) is 45.7 Å². The number of nitrogens with zero attached hydrogens (tertiary/aromatic N) is 3. The summed E-state index contributed by atoms with van der Waals surface area (Å²) in [5, 5.41) is 0. The van der Waals surface area contributed by atoms with Crippen molar-refractivity contribution in [1.82, 2.24) is 9.88 Å². The summed E-state index contributed by atoms with van der Waals surface area (Å²) in [7, 11) is 0. The lowest BCUT2D eigenvalue weighted by atomic mass is 9.73. The van der Waals surface area contributed by atoms with Crippen LogP contribution in [0.4, 0.5) is 10.5 Å². The minimum Gasteiger partial charge on any atom is -0.444 e. The van der Waals surface area contributed by atoms with Gasteiger partial charge >= 0.3 is 6.09 Å². The standard InChI is InChI=1S/C17H25N3O2/c1-12-6-14(7-13(2)18-12)19-8-17(9-19)10-20(11-17)15(21)22-16(3,4)5/h6-7H,8-11H2,1-5H3. The molecule has 3 heterocycles. The van der Waals surface area contributed by atoms with Crippen molar-refractivity contribution < 1.29 is 9.53 Å². The van der Waals surface area contributed by atoms with E-state index in [9.17, 15) is 4.79 Å². The first-order chi connectivity index (χ1) is 10.2. The maximum Gasteiger partial charge on any atom is 0.410 e. The molecule has 22 heavy (non-hydrogen) atoms. The summed E-state index contributed by atoms with van der Waals surface area (Å²) >= 11 is 0. The van der Waals surface area contributed by atoms with Crippen LogP contribution in [0.5, 0.6) is 0 Å². The average molecular weight is 303 g/mol. The van der Waals surface area contributed by atoms with Gasteiger partial charge in [0.15, 0.2) is 0 Å². The van der Waals surface area contributed by atoms with E-state index in [0.29, 0.717) is 0 Å². The summed E-state index contributed by atoms with van der Waals surface area (Å²) in [6.07, 6.45) is -0.188. The molecule has 2 aliphatic heterocycles. The summed E-state index contributed by atoms with van der Waals surface area (Å²) in [4.78, 5) is 20.6. The largest absolute Gasteiger partial charge is 0.444 e. The van der Waals surface area contributed by atoms with E-state index in [1.807, 2.05) is 39.5 Å². The van der Waals surface area contributed by atoms with Crippen molar-refractivity contribution in [2.45, 2.75) is 40.2 Å². The zero-order valence-corrected chi connectivity index (χ0v) is 14.1. The Morgan fingerprint density at radius 2 is 1.68 bits per heavy atom. The van der Waals surface area contributed by atoms with Crippen LogP contribution in [0.1, 0.15) is 32.2 Å². The molecule has 120 valence electrons. The van der Waals surface area contributed by atoms with Gasteiger partial charge in [-0.2, -0.15) is 0 Å². The van der Waals surface area contributed by atoms with Crippen molar-refractivity contribution in [1.29, 1.82) is 0 Å². The number of aryl methyl sites for hydroxylation is 2. The van der Waals surface area contributed by atoms with E-state index in [-0.39, 0.29) is 11.5 Å². The van der Waals surface area contributed by atoms with Crippen molar-refractivity contribution in [3.8, 4) is 0 Å². The summed E-state index contributed by atoms with van der Waals surface area (Å²) in [6, 6.07) is 4.26. The molecule has 0 aliphatic carbocycles. The van der Waals surface area contributed by atoms with Crippen molar-refractivity contribution in [2.75, 3.05) is 31.1 Å². The molecule has 0 N–H and O–H groups in total. The Hall–Kier alpha value is -1.78. The molecule has 5 nitrogen and oxygen atoms in total. The van der Waals surface area contributed by atoms with Crippen LogP contribution in [0, 0.1) is 19.3 Å². The second kappa shape index (κ2) is 4.86. The molecule has 0 bridgehead atoms. The van der Waals surface area contributed by atoms with Gasteiger partial charge in [0, 0.05) is 48.7 Å². The fourth-order valence-corrected chi connectivity index (χ4v) is 3.36. The maximum absolute atomic E-state index is 12.0. The predicted molar refractivity (Wildman–Crippen MR) is 86.2 cm³/mol. The molecule has 1 amide bonds. The average Bonchev–Trinajstić information content (AvgIpc) is 2.20. The monoisotopic (exact) mass is 303 g/mol. The molecule has 2 aliphatic rings. The Morgan fingerprint density at radius 1 is 1.14 bits per heavy atom. The normalized spacial score (nSPS) is 19.7. The molecular formula is C17H25N3O2. The van der Waals surface area contributed by atoms with Gasteiger partial charge in [-0.25, -0.2) is 4.79 Å². The van der Waals surface area contributed by atoms with Gasteiger partial charge in [0.2, 0.25) is 0 Å². The Balaban J connectivity index is 1.54. The van der Waals surface area contributed by atoms with Crippen LogP contribution in [-0.4, -0.2) is 47.8 Å². The highest BCUT2D eigenvalue weighted by atomic mass is 16.6. The number of aromatic nitrogens is 1. The van der Waals surface area contributed by atoms with E-state index in [1.54, 1.807) is 0 Å². The number of amides is 1. The van der Waals surface area contributed by atoms with Gasteiger partial charge in [-0.15, -0.1) is 0 Å². The van der Waals surface area contributed by atoms with Gasteiger partial charge in [-0.3, -0.25) is 4.98 Å². The van der Waals surface area contributed by atoms with Gasteiger partial charge in [-0.05, 0) is 46.8 Å². The molecule has 0 saturated carbocycles. The molecule has 0 atom stereocenters. The number of hydrogen-bond donors (Lipinski definition) is 0. The number of hydrogen-bond acceptors (Lipinski definition) is 4. The number of carbonyl (C=O) groups is 1. The van der Waals surface area contributed by atoms with Crippen LogP contribution < -0.4 is 4.90 Å². The first-order valence-corrected chi connectivity index (χ1v) is 7.84. The third-order valence-corrected chi connectivity index (χ3v) is 4.19. The number of anilines is 1. The molecule has 5 heteroatoms. The number of likely N-dealkylation sites (tertiary alicyclic amines) is 1. The molecule has 3 rings (SSSR count). The first kappa shape index (κ1) is 15.1. The number of pyridine rings is 1. The fraction of sp³-hybridized carbons (Fsp3) is 0.647. The van der Waals surface area contributed by atoms with E-state index in [2.05, 4.69) is 22.0 Å². The van der Waals surface area contributed by atoms with E-state index in [0.717, 1.165) is 37.6 Å². The summed E-state index contributed by atoms with van der Waals surface area (Å²) in [5.41, 5.74) is 3.20. The molecular weight excluding hydrogens is 278 g/mol. The quantitative estimate of drug-likeness (QED) is 0.800. The van der Waals surface area contributed by atoms with Crippen molar-refractivity contribution in [2.24, 2.45) is 5.41 Å². The number of carbonyl (C=O) groups excluding carboxylic acids is 1. The number of ether oxygens (including phenoxy) is 1. The fourth-order valence-electron chi connectivity index (χ4n) is 3.36. The first-order valence-electron chi connectivity index (χ1n) is 7.84. The van der Waals surface area contributed by atoms with E-state index in [4.69, 9.17) is 4.74 Å². The molecule has 0 unspecified atom stereocenters. The third-order valence-electron chi connectivity index (χ3n) is 4.19. The lowest BCUT2D eigenvalue weighted by molar-refractivity contribution is -0.0453. The molecule has 1 aromatic rings. The Labute approximate surface area is 132 Å². The predicted octanol–water partition coefficient (Wildman–Crippen LogP) is 2.76. The number of rotatable bonds is 1. The van der Waals surface area contributed by atoms with Gasteiger partial charge in [-0.1, -0.05) is 0 Å². The summed E-state index contributed by atoms with van der Waals surface area (Å²) in [5.74, 6) is 0. The van der Waals surface area contributed by atoms with Gasteiger partial charge in [0.25, 0.3) is 0 Å². The molecule has 1 aromatic heterocycles. The van der Waals surface area contributed by atoms with Crippen LogP contribution in [-0.2, 0) is 4.74 Å². The van der Waals surface area contributed by atoms with Crippen LogP contribution in [0.2, 0.25) is 0 Å². The Morgan fingerprint density at radius 3 is 2.18 bits per heavy atom. The second-order valence-electron chi connectivity index (χ2n) is 7.80. The molecule has 0 aromatic carbocycles. The molecule has 1 spiro atoms. The lowest BCUT2D eigenvalue weighted by Gasteiger charge is -2.60. The Kier molecular flexibility index (Phi) is 3.34. The van der Waals surface area contributed by atoms with Crippen LogP contribution in [0.25, 0.3) is 0 Å². The van der Waals surface area contributed by atoms with Gasteiger partial charge in [0.05, 0.1) is 0 Å². The summed E-state index contributed by atoms with van der Waals surface area (Å²) in [6.45, 7) is 13.4. The van der Waals surface area contributed by atoms with Crippen LogP contribution >= 0.6 is 0 Å². The molecule has 2 saturated heterocycles. The van der Waals surface area contributed by atoms with E-state index >= 15 is 0 Å². The van der Waals surface area contributed by atoms with E-state index in [1.165, 1.54) is 5.69 Å². The maximum atomic E-state index is 12.0. The van der Waals surface area contributed by atoms with Crippen molar-refractivity contribution in [3.05, 3.63) is 23.5 Å². The zero-order valence-electron chi connectivity index (χ0n) is 14.1. The lowest BCUT2D eigenvalue weighted by Crippen LogP contribution is -2.73. The zero-order chi connectivity index (χ0) is 16.1. The molecule has 2 fully saturated rings. The van der Waals surface area contributed by atoms with E-state index < -0.39 is 5.60 Å². The highest BCUT2D eigenvalue weighted by molar-refractivity contribution is 5.70. The van der Waals surface area contributed by atoms with Crippen LogP contribution in [0.3, 0.4) is 0 Å². The van der Waals surface area contributed by atoms with Gasteiger partial charge in [0.1, 0.15) is 5.60 Å². The minimum atomic E-state index is -0.419. The highest BCUT2D eigenvalue weighted by Crippen LogP contribution is 2.42. The smallest absolute Gasteiger partial charge is 0.410 e. The SMILES string of the molecule is Cc1cc(N2CC3(CN(C(=O)OC(C)(C)C)C3)C2)cc(C)n1. The van der Waals surface area contributed by atoms with Crippen LogP contribution in [0.15, 0.2) is 12.1 Å². The van der Waals surface area contributed by atoms with Crippen molar-refractivity contribution in [3.63, 3.8) is 0 Å². The van der Waals surface area contributed by atoms with Gasteiger partial charge < -0.3 is 14.5 Å². The second-order valence-corrected chi connectivity index (χ2v) is 7.80. The molecule has 0 radical (unpaired) electrons. The highest BCUT2D eigenvalue weighted by Gasteiger charge is 2.54. The third kappa shape index (κ3) is 2.89. The summed E-state index contributed by atoms with van der Waals surface area (Å²) < 4.78 is 5.41.